The van der Waals surface area contributed by atoms with Crippen molar-refractivity contribution in [3.05, 3.63) is 75.8 Å². The Morgan fingerprint density at radius 3 is 2.41 bits per heavy atom. The van der Waals surface area contributed by atoms with Crippen molar-refractivity contribution in [3.63, 3.8) is 0 Å². The number of nitrogens with one attached hydrogen (secondary N) is 1. The lowest BCUT2D eigenvalue weighted by Gasteiger charge is -2.46. The predicted octanol–water partition coefficient (Wildman–Crippen LogP) is 2.72. The summed E-state index contributed by atoms with van der Waals surface area (Å²) < 4.78 is 0. The number of nitrogens with zero attached hydrogens (tertiary/aromatic N) is 2. The number of fused-ring (bicyclic) bond motifs is 3. The zero-order valence-electron chi connectivity index (χ0n) is 24.8. The van der Waals surface area contributed by atoms with Crippen molar-refractivity contribution < 1.29 is 34.8 Å². The number of ketones is 2. The Bertz CT molecular complexity index is 1610. The first kappa shape index (κ1) is 29.7. The number of phenolic OH excluding ortho intramolecular Hbond substituents is 1. The summed E-state index contributed by atoms with van der Waals surface area (Å²) in [5.41, 5.74) is 4.76. The van der Waals surface area contributed by atoms with E-state index in [0.717, 1.165) is 38.2 Å². The molecular formula is C33H38N4O7. The number of allylic oxidation sites excluding steroid dienone is 2. The largest absolute Gasteiger partial charge is 0.511 e. The molecule has 1 aliphatic heterocycles. The molecule has 2 aromatic rings. The van der Waals surface area contributed by atoms with Crippen molar-refractivity contribution in [3.8, 4) is 5.75 Å². The van der Waals surface area contributed by atoms with E-state index in [1.54, 1.807) is 0 Å². The molecule has 11 nitrogen and oxygen atoms in total. The molecule has 11 heteroatoms. The Kier molecular flexibility index (Phi) is 7.41. The van der Waals surface area contributed by atoms with Crippen molar-refractivity contribution in [1.29, 1.82) is 0 Å². The molecule has 232 valence electrons. The number of primary amides is 1. The summed E-state index contributed by atoms with van der Waals surface area (Å²) in [4.78, 5) is 43.5. The van der Waals surface area contributed by atoms with Gasteiger partial charge in [-0.05, 0) is 48.8 Å². The SMILES string of the molecule is CN(C)c1cc(NC2CCN(Cc3ccccc3)CC2)c(O)c2c1C[C@H]1C[C@H]3CC(O)=C(C(N)=O)C(=O)[C@@]3(O)C(O)=C1C2=O. The van der Waals surface area contributed by atoms with Gasteiger partial charge in [-0.1, -0.05) is 30.3 Å². The molecule has 4 aliphatic rings. The molecule has 0 spiro atoms. The first-order valence-electron chi connectivity index (χ1n) is 15.0. The van der Waals surface area contributed by atoms with Crippen LogP contribution in [0.25, 0.3) is 0 Å². The smallest absolute Gasteiger partial charge is 0.255 e. The van der Waals surface area contributed by atoms with E-state index in [2.05, 4.69) is 22.3 Å². The van der Waals surface area contributed by atoms with Gasteiger partial charge in [0, 0.05) is 63.4 Å². The number of piperidine rings is 1. The zero-order valence-corrected chi connectivity index (χ0v) is 24.8. The average Bonchev–Trinajstić information content (AvgIpc) is 2.97. The fourth-order valence-electron chi connectivity index (χ4n) is 7.47. The quantitative estimate of drug-likeness (QED) is 0.213. The first-order valence-corrected chi connectivity index (χ1v) is 15.0. The number of phenols is 1. The van der Waals surface area contributed by atoms with Gasteiger partial charge in [0.05, 0.1) is 11.3 Å². The Morgan fingerprint density at radius 2 is 1.77 bits per heavy atom. The molecule has 7 N–H and O–H groups in total. The molecule has 44 heavy (non-hydrogen) atoms. The summed E-state index contributed by atoms with van der Waals surface area (Å²) in [6.07, 6.45) is 1.77. The van der Waals surface area contributed by atoms with Crippen LogP contribution >= 0.6 is 0 Å². The van der Waals surface area contributed by atoms with Gasteiger partial charge in [0.1, 0.15) is 22.8 Å². The molecule has 6 rings (SSSR count). The van der Waals surface area contributed by atoms with E-state index in [1.807, 2.05) is 43.3 Å². The Morgan fingerprint density at radius 1 is 1.09 bits per heavy atom. The summed E-state index contributed by atoms with van der Waals surface area (Å²) >= 11 is 0. The summed E-state index contributed by atoms with van der Waals surface area (Å²) in [5, 5.41) is 48.2. The zero-order chi connectivity index (χ0) is 31.5. The molecule has 0 unspecified atom stereocenters. The van der Waals surface area contributed by atoms with Crippen LogP contribution in [0, 0.1) is 11.8 Å². The van der Waals surface area contributed by atoms with Crippen LogP contribution in [0.3, 0.4) is 0 Å². The van der Waals surface area contributed by atoms with E-state index < -0.39 is 52.0 Å². The van der Waals surface area contributed by atoms with Crippen LogP contribution in [0.5, 0.6) is 5.75 Å². The van der Waals surface area contributed by atoms with E-state index >= 15 is 0 Å². The number of benzene rings is 2. The van der Waals surface area contributed by atoms with Crippen LogP contribution in [0.4, 0.5) is 11.4 Å². The molecular weight excluding hydrogens is 564 g/mol. The maximum Gasteiger partial charge on any atom is 0.255 e. The van der Waals surface area contributed by atoms with Gasteiger partial charge in [0.15, 0.2) is 11.4 Å². The maximum atomic E-state index is 14.1. The summed E-state index contributed by atoms with van der Waals surface area (Å²) in [5.74, 6) is -6.32. The van der Waals surface area contributed by atoms with Crippen LogP contribution in [-0.4, -0.2) is 81.6 Å². The third-order valence-corrected chi connectivity index (χ3v) is 9.72. The minimum absolute atomic E-state index is 0.0110. The number of aliphatic hydroxyl groups excluding tert-OH is 2. The number of likely N-dealkylation sites (tertiary alicyclic amines) is 1. The normalized spacial score (nSPS) is 25.8. The van der Waals surface area contributed by atoms with Crippen molar-refractivity contribution in [1.82, 2.24) is 4.90 Å². The fraction of sp³-hybridized carbons (Fsp3) is 0.424. The number of amides is 1. The van der Waals surface area contributed by atoms with Gasteiger partial charge in [-0.25, -0.2) is 0 Å². The molecule has 0 aromatic heterocycles. The van der Waals surface area contributed by atoms with Gasteiger partial charge in [-0.15, -0.1) is 0 Å². The van der Waals surface area contributed by atoms with Crippen LogP contribution in [0.15, 0.2) is 59.1 Å². The van der Waals surface area contributed by atoms with Crippen molar-refractivity contribution in [2.75, 3.05) is 37.4 Å². The van der Waals surface area contributed by atoms with Gasteiger partial charge in [0.2, 0.25) is 5.78 Å². The van der Waals surface area contributed by atoms with Gasteiger partial charge in [0.25, 0.3) is 5.91 Å². The number of carbonyl (C=O) groups excluding carboxylic acids is 3. The third-order valence-electron chi connectivity index (χ3n) is 9.72. The number of Topliss-reactive ketones (excluding diaryl/α,β-unsaturated/α-hetero) is 2. The molecule has 0 saturated carbocycles. The minimum atomic E-state index is -2.58. The highest BCUT2D eigenvalue weighted by Gasteiger charge is 2.59. The predicted molar refractivity (Wildman–Crippen MR) is 164 cm³/mol. The highest BCUT2D eigenvalue weighted by molar-refractivity contribution is 6.24. The Hall–Kier alpha value is -4.35. The van der Waals surface area contributed by atoms with Gasteiger partial charge in [-0.2, -0.15) is 0 Å². The number of rotatable bonds is 6. The highest BCUT2D eigenvalue weighted by atomic mass is 16.3. The molecule has 2 aromatic carbocycles. The van der Waals surface area contributed by atoms with Gasteiger partial charge >= 0.3 is 0 Å². The molecule has 1 amide bonds. The van der Waals surface area contributed by atoms with Crippen LogP contribution in [0.2, 0.25) is 0 Å². The number of anilines is 2. The fourth-order valence-corrected chi connectivity index (χ4v) is 7.47. The Labute approximate surface area is 255 Å². The van der Waals surface area contributed by atoms with Crippen LogP contribution in [0.1, 0.15) is 47.2 Å². The van der Waals surface area contributed by atoms with Crippen molar-refractivity contribution >= 4 is 28.8 Å². The molecule has 1 heterocycles. The maximum absolute atomic E-state index is 14.1. The van der Waals surface area contributed by atoms with Gasteiger partial charge < -0.3 is 36.4 Å². The second-order valence-electron chi connectivity index (χ2n) is 12.6. The summed E-state index contributed by atoms with van der Waals surface area (Å²) in [7, 11) is 3.69. The van der Waals surface area contributed by atoms with Gasteiger partial charge in [-0.3, -0.25) is 19.3 Å². The topological polar surface area (TPSA) is 177 Å². The number of hydrogen-bond donors (Lipinski definition) is 6. The summed E-state index contributed by atoms with van der Waals surface area (Å²) in [6, 6.07) is 12.2. The molecule has 3 atom stereocenters. The monoisotopic (exact) mass is 602 g/mol. The number of nitrogens with two attached hydrogens (primary N) is 1. The molecule has 1 fully saturated rings. The van der Waals surface area contributed by atoms with Crippen molar-refractivity contribution in [2.45, 2.75) is 50.3 Å². The van der Waals surface area contributed by atoms with E-state index in [0.29, 0.717) is 11.3 Å². The number of aliphatic hydroxyl groups is 3. The van der Waals surface area contributed by atoms with E-state index in [1.165, 1.54) is 5.56 Å². The van der Waals surface area contributed by atoms with E-state index in [4.69, 9.17) is 5.73 Å². The third kappa shape index (κ3) is 4.71. The number of aromatic hydroxyl groups is 1. The number of hydrogen-bond acceptors (Lipinski definition) is 10. The van der Waals surface area contributed by atoms with E-state index in [9.17, 15) is 34.8 Å². The standard InChI is InChI=1S/C33H38N4O7/c1-36(2)23-15-22(35-20-8-10-37(11-9-20)16-17-6-4-3-5-7-17)28(39)26-21(23)13-18-12-19-14-24(38)27(32(34)43)31(42)33(19,44)30(41)25(18)29(26)40/h3-7,15,18-20,35,38-39,41,44H,8-14,16H2,1-2H3,(H2,34,43)/t18-,19+,33+/m1/s1. The first-order chi connectivity index (χ1) is 20.9. The lowest BCUT2D eigenvalue weighted by Crippen LogP contribution is -2.57. The molecule has 0 radical (unpaired) electrons. The lowest BCUT2D eigenvalue weighted by molar-refractivity contribution is -0.144. The lowest BCUT2D eigenvalue weighted by atomic mass is 9.60. The van der Waals surface area contributed by atoms with Crippen LogP contribution < -0.4 is 16.0 Å². The van der Waals surface area contributed by atoms with E-state index in [-0.39, 0.29) is 42.2 Å². The Balaban J connectivity index is 1.31. The molecule has 0 bridgehead atoms. The van der Waals surface area contributed by atoms with Crippen LogP contribution in [-0.2, 0) is 22.6 Å². The number of carbonyl (C=O) groups is 3. The average molecular weight is 603 g/mol. The second kappa shape index (κ2) is 11.0. The summed E-state index contributed by atoms with van der Waals surface area (Å²) in [6.45, 7) is 2.60. The molecule has 3 aliphatic carbocycles. The van der Waals surface area contributed by atoms with Crippen molar-refractivity contribution in [2.24, 2.45) is 17.6 Å². The molecule has 1 saturated heterocycles. The highest BCUT2D eigenvalue weighted by Crippen LogP contribution is 2.53. The minimum Gasteiger partial charge on any atom is -0.511 e. The second-order valence-corrected chi connectivity index (χ2v) is 12.6.